The monoisotopic (exact) mass is 480 g/mol. The van der Waals surface area contributed by atoms with Gasteiger partial charge in [-0.25, -0.2) is 0 Å². The van der Waals surface area contributed by atoms with Crippen molar-refractivity contribution in [3.63, 3.8) is 0 Å². The molecule has 1 aliphatic heterocycles. The zero-order valence-corrected chi connectivity index (χ0v) is 19.8. The third kappa shape index (κ3) is 6.89. The normalized spacial score (nSPS) is 13.6. The molecule has 0 saturated carbocycles. The van der Waals surface area contributed by atoms with Crippen molar-refractivity contribution in [1.82, 2.24) is 4.90 Å². The molecule has 0 atom stereocenters. The fourth-order valence-corrected chi connectivity index (χ4v) is 4.03. The number of phenolic OH excluding ortho intramolecular Hbond substituents is 1. The zero-order chi connectivity index (χ0) is 23.8. The average molecular weight is 481 g/mol. The lowest BCUT2D eigenvalue weighted by Gasteiger charge is -2.16. The highest BCUT2D eigenvalue weighted by Crippen LogP contribution is 2.28. The van der Waals surface area contributed by atoms with E-state index in [-0.39, 0.29) is 18.3 Å². The van der Waals surface area contributed by atoms with Gasteiger partial charge in [0.2, 0.25) is 0 Å². The summed E-state index contributed by atoms with van der Waals surface area (Å²) in [6.45, 7) is 4.26. The van der Waals surface area contributed by atoms with Crippen molar-refractivity contribution in [2.24, 2.45) is 0 Å². The Labute approximate surface area is 205 Å². The summed E-state index contributed by atoms with van der Waals surface area (Å²) >= 11 is 5.98. The minimum Gasteiger partial charge on any atom is -0.508 e. The van der Waals surface area contributed by atoms with Crippen LogP contribution in [0.15, 0.2) is 66.7 Å². The van der Waals surface area contributed by atoms with Gasteiger partial charge in [0.25, 0.3) is 5.91 Å². The van der Waals surface area contributed by atoms with Crippen LogP contribution in [0.2, 0.25) is 5.02 Å². The maximum absolute atomic E-state index is 13.0. The van der Waals surface area contributed by atoms with Crippen LogP contribution in [0.3, 0.4) is 0 Å². The number of halogens is 1. The van der Waals surface area contributed by atoms with Crippen molar-refractivity contribution in [2.45, 2.75) is 25.9 Å². The van der Waals surface area contributed by atoms with Crippen LogP contribution in [0.5, 0.6) is 17.2 Å². The van der Waals surface area contributed by atoms with Crippen LogP contribution in [0, 0.1) is 0 Å². The number of phenols is 1. The number of aromatic hydroxyl groups is 1. The summed E-state index contributed by atoms with van der Waals surface area (Å²) in [5.41, 5.74) is 1.80. The second kappa shape index (κ2) is 11.8. The zero-order valence-electron chi connectivity index (χ0n) is 19.0. The molecule has 1 heterocycles. The van der Waals surface area contributed by atoms with Gasteiger partial charge in [-0.3, -0.25) is 4.79 Å². The molecule has 0 bridgehead atoms. The molecule has 2 N–H and O–H groups in total. The Morgan fingerprint density at radius 2 is 1.79 bits per heavy atom. The maximum atomic E-state index is 13.0. The van der Waals surface area contributed by atoms with Crippen molar-refractivity contribution in [1.29, 1.82) is 0 Å². The van der Waals surface area contributed by atoms with Crippen LogP contribution >= 0.6 is 11.6 Å². The molecule has 0 aliphatic carbocycles. The van der Waals surface area contributed by atoms with Crippen LogP contribution in [-0.4, -0.2) is 42.2 Å². The number of amides is 1. The number of carbonyl (C=O) groups is 1. The van der Waals surface area contributed by atoms with Gasteiger partial charge in [0.1, 0.15) is 23.9 Å². The minimum atomic E-state index is -0.336. The Bertz CT molecular complexity index is 1100. The predicted molar refractivity (Wildman–Crippen MR) is 134 cm³/mol. The van der Waals surface area contributed by atoms with Gasteiger partial charge in [-0.1, -0.05) is 29.8 Å². The fraction of sp³-hybridized carbons (Fsp3) is 0.296. The highest BCUT2D eigenvalue weighted by Gasteiger charge is 2.16. The van der Waals surface area contributed by atoms with Gasteiger partial charge in [-0.2, -0.15) is 0 Å². The molecule has 1 amide bonds. The third-order valence-electron chi connectivity index (χ3n) is 5.70. The first-order valence-electron chi connectivity index (χ1n) is 11.5. The topological polar surface area (TPSA) is 71.0 Å². The number of hydrogen-bond acceptors (Lipinski definition) is 5. The lowest BCUT2D eigenvalue weighted by molar-refractivity contribution is 0.102. The first-order valence-corrected chi connectivity index (χ1v) is 11.9. The molecule has 1 fully saturated rings. The number of likely N-dealkylation sites (tertiary alicyclic amines) is 1. The largest absolute Gasteiger partial charge is 0.508 e. The summed E-state index contributed by atoms with van der Waals surface area (Å²) in [6.07, 6.45) is 3.50. The smallest absolute Gasteiger partial charge is 0.259 e. The van der Waals surface area contributed by atoms with Crippen molar-refractivity contribution in [3.05, 3.63) is 82.9 Å². The number of ether oxygens (including phenoxy) is 2. The number of nitrogens with one attached hydrogen (secondary N) is 1. The van der Waals surface area contributed by atoms with Crippen LogP contribution in [0.25, 0.3) is 0 Å². The molecule has 0 radical (unpaired) electrons. The van der Waals surface area contributed by atoms with Crippen molar-refractivity contribution >= 4 is 23.2 Å². The van der Waals surface area contributed by atoms with E-state index in [1.54, 1.807) is 48.5 Å². The standard InChI is InChI=1S/C27H29ClN2O4/c28-21-9-7-20(8-10-21)19-34-26-18-24(33-16-4-15-30-13-1-2-14-30)11-12-25(26)27(32)29-22-5-3-6-23(31)17-22/h3,5-12,17-18,31H,1-2,4,13-16,19H2,(H,29,32). The molecule has 0 aromatic heterocycles. The first-order chi connectivity index (χ1) is 16.6. The van der Waals surface area contributed by atoms with E-state index in [4.69, 9.17) is 21.1 Å². The van der Waals surface area contributed by atoms with Gasteiger partial charge in [0, 0.05) is 29.4 Å². The Hall–Kier alpha value is -3.22. The summed E-state index contributed by atoms with van der Waals surface area (Å²) < 4.78 is 12.0. The van der Waals surface area contributed by atoms with Gasteiger partial charge in [-0.05, 0) is 74.3 Å². The molecule has 3 aromatic carbocycles. The van der Waals surface area contributed by atoms with Crippen LogP contribution in [0.1, 0.15) is 35.2 Å². The molecule has 6 nitrogen and oxygen atoms in total. The van der Waals surface area contributed by atoms with Crippen molar-refractivity contribution in [3.8, 4) is 17.2 Å². The van der Waals surface area contributed by atoms with E-state index in [0.29, 0.717) is 34.4 Å². The number of anilines is 1. The molecule has 34 heavy (non-hydrogen) atoms. The molecule has 178 valence electrons. The molecule has 0 spiro atoms. The highest BCUT2D eigenvalue weighted by molar-refractivity contribution is 6.30. The number of benzene rings is 3. The minimum absolute atomic E-state index is 0.0784. The molecule has 0 unspecified atom stereocenters. The number of rotatable bonds is 10. The summed E-state index contributed by atoms with van der Waals surface area (Å²) in [5.74, 6) is 0.818. The van der Waals surface area contributed by atoms with E-state index in [2.05, 4.69) is 10.2 Å². The lowest BCUT2D eigenvalue weighted by atomic mass is 10.1. The van der Waals surface area contributed by atoms with Gasteiger partial charge < -0.3 is 24.8 Å². The Kier molecular flexibility index (Phi) is 8.28. The Morgan fingerprint density at radius 1 is 1.00 bits per heavy atom. The van der Waals surface area contributed by atoms with Crippen LogP contribution in [0.4, 0.5) is 5.69 Å². The molecule has 1 aliphatic rings. The second-order valence-electron chi connectivity index (χ2n) is 8.33. The Balaban J connectivity index is 1.45. The fourth-order valence-electron chi connectivity index (χ4n) is 3.91. The molecule has 4 rings (SSSR count). The third-order valence-corrected chi connectivity index (χ3v) is 5.95. The number of hydrogen-bond donors (Lipinski definition) is 2. The molecule has 3 aromatic rings. The van der Waals surface area contributed by atoms with E-state index in [0.717, 1.165) is 18.5 Å². The van der Waals surface area contributed by atoms with Crippen LogP contribution in [-0.2, 0) is 6.61 Å². The van der Waals surface area contributed by atoms with Crippen molar-refractivity contribution < 1.29 is 19.4 Å². The maximum Gasteiger partial charge on any atom is 0.259 e. The van der Waals surface area contributed by atoms with Gasteiger partial charge >= 0.3 is 0 Å². The number of nitrogens with zero attached hydrogens (tertiary/aromatic N) is 1. The molecule has 7 heteroatoms. The van der Waals surface area contributed by atoms with Crippen molar-refractivity contribution in [2.75, 3.05) is 31.6 Å². The second-order valence-corrected chi connectivity index (χ2v) is 8.76. The van der Waals surface area contributed by atoms with Gasteiger partial charge in [0.05, 0.1) is 12.2 Å². The van der Waals surface area contributed by atoms with Gasteiger partial charge in [-0.15, -0.1) is 0 Å². The van der Waals surface area contributed by atoms with E-state index < -0.39 is 0 Å². The first kappa shape index (κ1) is 23.9. The van der Waals surface area contributed by atoms with E-state index in [1.807, 2.05) is 12.1 Å². The number of carbonyl (C=O) groups excluding carboxylic acids is 1. The summed E-state index contributed by atoms with van der Waals surface area (Å²) in [7, 11) is 0. The Morgan fingerprint density at radius 3 is 2.56 bits per heavy atom. The highest BCUT2D eigenvalue weighted by atomic mass is 35.5. The van der Waals surface area contributed by atoms with Gasteiger partial charge in [0.15, 0.2) is 0 Å². The van der Waals surface area contributed by atoms with E-state index in [1.165, 1.54) is 32.0 Å². The quantitative estimate of drug-likeness (QED) is 0.362. The summed E-state index contributed by atoms with van der Waals surface area (Å²) in [6, 6.07) is 19.0. The molecule has 1 saturated heterocycles. The van der Waals surface area contributed by atoms with E-state index in [9.17, 15) is 9.90 Å². The van der Waals surface area contributed by atoms with Crippen LogP contribution < -0.4 is 14.8 Å². The lowest BCUT2D eigenvalue weighted by Crippen LogP contribution is -2.21. The molecular formula is C27H29ClN2O4. The average Bonchev–Trinajstić information content (AvgIpc) is 3.35. The summed E-state index contributed by atoms with van der Waals surface area (Å²) in [5, 5.41) is 13.1. The predicted octanol–water partition coefficient (Wildman–Crippen LogP) is 5.74. The SMILES string of the molecule is O=C(Nc1cccc(O)c1)c1ccc(OCCCN2CCCC2)cc1OCc1ccc(Cl)cc1. The molecular weight excluding hydrogens is 452 g/mol. The van der Waals surface area contributed by atoms with E-state index >= 15 is 0 Å². The summed E-state index contributed by atoms with van der Waals surface area (Å²) in [4.78, 5) is 15.4.